The van der Waals surface area contributed by atoms with Crippen molar-refractivity contribution >= 4 is 16.7 Å². The van der Waals surface area contributed by atoms with Crippen LogP contribution in [-0.4, -0.2) is 19.6 Å². The minimum Gasteiger partial charge on any atom is -0.293 e. The van der Waals surface area contributed by atoms with Gasteiger partial charge >= 0.3 is 6.18 Å². The maximum atomic E-state index is 12.7. The van der Waals surface area contributed by atoms with Crippen molar-refractivity contribution in [3.8, 4) is 0 Å². The van der Waals surface area contributed by atoms with E-state index >= 15 is 0 Å². The Morgan fingerprint density at radius 3 is 2.41 bits per heavy atom. The molecular weight excluding hydrogens is 297 g/mol. The van der Waals surface area contributed by atoms with Crippen molar-refractivity contribution < 1.29 is 13.2 Å². The van der Waals surface area contributed by atoms with Gasteiger partial charge in [0, 0.05) is 17.2 Å². The fourth-order valence-corrected chi connectivity index (χ4v) is 2.11. The van der Waals surface area contributed by atoms with E-state index < -0.39 is 17.4 Å². The molecule has 3 aromatic rings. The molecule has 0 amide bonds. The average molecular weight is 310 g/mol. The van der Waals surface area contributed by atoms with Gasteiger partial charge in [-0.15, -0.1) is 0 Å². The van der Waals surface area contributed by atoms with E-state index in [9.17, 15) is 18.0 Å². The quantitative estimate of drug-likeness (QED) is 0.694. The smallest absolute Gasteiger partial charge is 0.293 e. The van der Waals surface area contributed by atoms with Crippen molar-refractivity contribution in [2.45, 2.75) is 32.4 Å². The minimum absolute atomic E-state index is 0.0350. The number of aromatic nitrogens is 4. The van der Waals surface area contributed by atoms with E-state index in [1.54, 1.807) is 6.07 Å². The number of nitrogens with one attached hydrogen (secondary N) is 1. The number of aromatic amines is 1. The molecule has 0 atom stereocenters. The molecular formula is C14H13F3N4O. The number of H-pyrrole nitrogens is 1. The summed E-state index contributed by atoms with van der Waals surface area (Å²) in [6.45, 7) is 5.84. The lowest BCUT2D eigenvalue weighted by molar-refractivity contribution is -0.141. The summed E-state index contributed by atoms with van der Waals surface area (Å²) in [7, 11) is 0. The van der Waals surface area contributed by atoms with Gasteiger partial charge in [-0.2, -0.15) is 13.2 Å². The number of pyridine rings is 1. The van der Waals surface area contributed by atoms with Crippen molar-refractivity contribution in [1.82, 2.24) is 19.6 Å². The highest BCUT2D eigenvalue weighted by Gasteiger charge is 2.33. The third-order valence-corrected chi connectivity index (χ3v) is 3.36. The molecule has 0 bridgehead atoms. The molecule has 5 nitrogen and oxygen atoms in total. The molecule has 22 heavy (non-hydrogen) atoms. The van der Waals surface area contributed by atoms with Crippen LogP contribution in [0.3, 0.4) is 0 Å². The standard InChI is InChI=1S/C14H13F3N4O/c1-13(2,3)9-6-10-19-11-7(12(22)21(10)20-9)4-5-8(18-11)14(15,16)17/h4-6,20H,1-3H3. The molecule has 3 heterocycles. The van der Waals surface area contributed by atoms with Gasteiger partial charge in [-0.05, 0) is 12.1 Å². The number of fused-ring (bicyclic) bond motifs is 2. The summed E-state index contributed by atoms with van der Waals surface area (Å²) < 4.78 is 39.4. The van der Waals surface area contributed by atoms with Crippen LogP contribution < -0.4 is 5.56 Å². The molecule has 0 saturated heterocycles. The van der Waals surface area contributed by atoms with Gasteiger partial charge in [-0.1, -0.05) is 20.8 Å². The first kappa shape index (κ1) is 14.6. The summed E-state index contributed by atoms with van der Waals surface area (Å²) in [5.74, 6) is 0. The Bertz CT molecular complexity index is 931. The van der Waals surface area contributed by atoms with E-state index in [0.29, 0.717) is 0 Å². The Morgan fingerprint density at radius 2 is 1.82 bits per heavy atom. The third-order valence-electron chi connectivity index (χ3n) is 3.36. The number of halogens is 3. The molecule has 0 spiro atoms. The molecule has 0 aliphatic heterocycles. The summed E-state index contributed by atoms with van der Waals surface area (Å²) >= 11 is 0. The molecule has 0 fully saturated rings. The van der Waals surface area contributed by atoms with Crippen LogP contribution in [0.25, 0.3) is 16.7 Å². The first-order valence-electron chi connectivity index (χ1n) is 6.57. The molecule has 0 saturated carbocycles. The van der Waals surface area contributed by atoms with Crippen molar-refractivity contribution in [2.24, 2.45) is 0 Å². The van der Waals surface area contributed by atoms with Gasteiger partial charge in [0.15, 0.2) is 11.3 Å². The number of hydrogen-bond acceptors (Lipinski definition) is 3. The van der Waals surface area contributed by atoms with E-state index in [2.05, 4.69) is 15.1 Å². The second-order valence-electron chi connectivity index (χ2n) is 6.10. The van der Waals surface area contributed by atoms with Gasteiger partial charge in [0.2, 0.25) is 0 Å². The predicted octanol–water partition coefficient (Wildman–Crippen LogP) is 2.89. The lowest BCUT2D eigenvalue weighted by Gasteiger charge is -2.14. The molecule has 0 aliphatic carbocycles. The van der Waals surface area contributed by atoms with Crippen molar-refractivity contribution in [3.63, 3.8) is 0 Å². The summed E-state index contributed by atoms with van der Waals surface area (Å²) in [6, 6.07) is 3.53. The Kier molecular flexibility index (Phi) is 2.85. The van der Waals surface area contributed by atoms with Crippen LogP contribution in [0.5, 0.6) is 0 Å². The Balaban J connectivity index is 2.34. The van der Waals surface area contributed by atoms with E-state index in [0.717, 1.165) is 17.8 Å². The number of nitrogens with zero attached hydrogens (tertiary/aromatic N) is 3. The van der Waals surface area contributed by atoms with E-state index in [-0.39, 0.29) is 22.1 Å². The third kappa shape index (κ3) is 2.24. The molecule has 0 aromatic carbocycles. The van der Waals surface area contributed by atoms with Crippen LogP contribution in [0.15, 0.2) is 23.0 Å². The predicted molar refractivity (Wildman–Crippen MR) is 74.8 cm³/mol. The zero-order chi connectivity index (χ0) is 16.3. The van der Waals surface area contributed by atoms with Crippen LogP contribution in [0, 0.1) is 0 Å². The molecule has 116 valence electrons. The lowest BCUT2D eigenvalue weighted by atomic mass is 9.93. The molecule has 0 aliphatic rings. The Morgan fingerprint density at radius 1 is 1.14 bits per heavy atom. The number of hydrogen-bond donors (Lipinski definition) is 1. The highest BCUT2D eigenvalue weighted by molar-refractivity contribution is 5.76. The normalized spacial score (nSPS) is 13.2. The zero-order valence-corrected chi connectivity index (χ0v) is 12.1. The van der Waals surface area contributed by atoms with Crippen LogP contribution >= 0.6 is 0 Å². The minimum atomic E-state index is -4.57. The number of alkyl halides is 3. The fraction of sp³-hybridized carbons (Fsp3) is 0.357. The van der Waals surface area contributed by atoms with Crippen molar-refractivity contribution in [3.05, 3.63) is 39.9 Å². The number of rotatable bonds is 0. The summed E-state index contributed by atoms with van der Waals surface area (Å²) in [6.07, 6.45) is -4.57. The van der Waals surface area contributed by atoms with E-state index in [1.807, 2.05) is 20.8 Å². The second-order valence-corrected chi connectivity index (χ2v) is 6.10. The van der Waals surface area contributed by atoms with Gasteiger partial charge in [0.1, 0.15) is 5.69 Å². The fourth-order valence-electron chi connectivity index (χ4n) is 2.11. The van der Waals surface area contributed by atoms with E-state index in [4.69, 9.17) is 0 Å². The highest BCUT2D eigenvalue weighted by Crippen LogP contribution is 2.28. The van der Waals surface area contributed by atoms with Crippen LogP contribution in [0.4, 0.5) is 13.2 Å². The Labute approximate surface area is 122 Å². The molecule has 3 aromatic heterocycles. The van der Waals surface area contributed by atoms with Gasteiger partial charge in [0.05, 0.1) is 5.39 Å². The van der Waals surface area contributed by atoms with E-state index in [1.165, 1.54) is 4.52 Å². The molecule has 0 radical (unpaired) electrons. The summed E-state index contributed by atoms with van der Waals surface area (Å²) in [5.41, 5.74) is -1.01. The molecule has 3 rings (SSSR count). The topological polar surface area (TPSA) is 63.1 Å². The van der Waals surface area contributed by atoms with Gasteiger partial charge in [0.25, 0.3) is 5.56 Å². The zero-order valence-electron chi connectivity index (χ0n) is 12.1. The first-order chi connectivity index (χ1) is 10.1. The maximum Gasteiger partial charge on any atom is 0.433 e. The maximum absolute atomic E-state index is 12.7. The summed E-state index contributed by atoms with van der Waals surface area (Å²) in [4.78, 5) is 19.9. The molecule has 8 heteroatoms. The molecule has 1 N–H and O–H groups in total. The summed E-state index contributed by atoms with van der Waals surface area (Å²) in [5, 5.41) is 2.97. The first-order valence-corrected chi connectivity index (χ1v) is 6.57. The average Bonchev–Trinajstić information content (AvgIpc) is 2.81. The monoisotopic (exact) mass is 310 g/mol. The van der Waals surface area contributed by atoms with Gasteiger partial charge < -0.3 is 0 Å². The molecule has 0 unspecified atom stereocenters. The highest BCUT2D eigenvalue weighted by atomic mass is 19.4. The largest absolute Gasteiger partial charge is 0.433 e. The second kappa shape index (κ2) is 4.31. The van der Waals surface area contributed by atoms with Gasteiger partial charge in [-0.25, -0.2) is 14.5 Å². The van der Waals surface area contributed by atoms with Gasteiger partial charge in [-0.3, -0.25) is 9.89 Å². The van der Waals surface area contributed by atoms with Crippen LogP contribution in [0.1, 0.15) is 32.2 Å². The van der Waals surface area contributed by atoms with Crippen molar-refractivity contribution in [1.29, 1.82) is 0 Å². The van der Waals surface area contributed by atoms with Crippen molar-refractivity contribution in [2.75, 3.05) is 0 Å². The Hall–Kier alpha value is -2.38. The van der Waals surface area contributed by atoms with Crippen LogP contribution in [0.2, 0.25) is 0 Å². The SMILES string of the molecule is CC(C)(C)c1cc2nc3nc(C(F)(F)F)ccc3c(=O)n2[nH]1. The van der Waals surface area contributed by atoms with Crippen LogP contribution in [-0.2, 0) is 11.6 Å². The lowest BCUT2D eigenvalue weighted by Crippen LogP contribution is -2.18.